The van der Waals surface area contributed by atoms with Gasteiger partial charge in [0.25, 0.3) is 5.56 Å². The number of hydrogen-bond donors (Lipinski definition) is 0. The van der Waals surface area contributed by atoms with Gasteiger partial charge in [0.2, 0.25) is 0 Å². The summed E-state index contributed by atoms with van der Waals surface area (Å²) in [5.74, 6) is 0. The van der Waals surface area contributed by atoms with Gasteiger partial charge in [-0.2, -0.15) is 0 Å². The molecule has 4 aromatic carbocycles. The monoisotopic (exact) mass is 436 g/mol. The van der Waals surface area contributed by atoms with Crippen molar-refractivity contribution in [1.29, 1.82) is 0 Å². The molecule has 0 saturated heterocycles. The summed E-state index contributed by atoms with van der Waals surface area (Å²) in [7, 11) is 0. The minimum absolute atomic E-state index is 0.0601. The fraction of sp³-hybridized carbons (Fsp3) is 0.0645. The maximum Gasteiger partial charge on any atom is 0.263 e. The van der Waals surface area contributed by atoms with Gasteiger partial charge in [0.15, 0.2) is 0 Å². The summed E-state index contributed by atoms with van der Waals surface area (Å²) in [4.78, 5) is 13.8. The summed E-state index contributed by atoms with van der Waals surface area (Å²) >= 11 is 0. The van der Waals surface area contributed by atoms with Crippen molar-refractivity contribution in [1.82, 2.24) is 8.97 Å². The van der Waals surface area contributed by atoms with E-state index < -0.39 is 0 Å². The lowest BCUT2D eigenvalue weighted by Crippen LogP contribution is -2.12. The van der Waals surface area contributed by atoms with Crippen LogP contribution in [0.4, 0.5) is 0 Å². The van der Waals surface area contributed by atoms with Crippen LogP contribution in [0.15, 0.2) is 95.8 Å². The van der Waals surface area contributed by atoms with E-state index in [2.05, 4.69) is 83.4 Å². The van der Waals surface area contributed by atoms with Gasteiger partial charge in [-0.15, -0.1) is 0 Å². The van der Waals surface area contributed by atoms with Crippen molar-refractivity contribution in [3.63, 3.8) is 0 Å². The first kappa shape index (κ1) is 18.1. The molecular weight excluding hydrogens is 416 g/mol. The summed E-state index contributed by atoms with van der Waals surface area (Å²) in [6, 6.07) is 29.5. The lowest BCUT2D eigenvalue weighted by Gasteiger charge is -2.11. The van der Waals surface area contributed by atoms with Gasteiger partial charge in [-0.3, -0.25) is 9.20 Å². The van der Waals surface area contributed by atoms with Crippen LogP contribution in [0.25, 0.3) is 60.6 Å². The number of nitrogens with zero attached hydrogens (tertiary/aromatic N) is 2. The van der Waals surface area contributed by atoms with E-state index in [-0.39, 0.29) is 5.56 Å². The number of para-hydroxylation sites is 2. The fourth-order valence-electron chi connectivity index (χ4n) is 6.10. The van der Waals surface area contributed by atoms with Crippen molar-refractivity contribution in [3.05, 3.63) is 113 Å². The first-order valence-corrected chi connectivity index (χ1v) is 11.8. The zero-order chi connectivity index (χ0) is 22.4. The van der Waals surface area contributed by atoms with Crippen LogP contribution in [0.1, 0.15) is 17.7 Å². The lowest BCUT2D eigenvalue weighted by molar-refractivity contribution is 0.967. The SMILES string of the molecule is O=c1c2ccccc2c2cccc3c4cc5c(cc4n1c23)c1c(n5-c2ccccc2)C=CCC1. The van der Waals surface area contributed by atoms with Crippen molar-refractivity contribution in [3.8, 4) is 5.69 Å². The Kier molecular flexibility index (Phi) is 3.39. The van der Waals surface area contributed by atoms with E-state index in [0.29, 0.717) is 0 Å². The molecule has 0 amide bonds. The molecule has 3 nitrogen and oxygen atoms in total. The van der Waals surface area contributed by atoms with Gasteiger partial charge in [-0.05, 0) is 60.2 Å². The Balaban J connectivity index is 1.64. The molecule has 7 aromatic rings. The number of aryl methyl sites for hydroxylation is 1. The predicted octanol–water partition coefficient (Wildman–Crippen LogP) is 7.10. The van der Waals surface area contributed by atoms with Crippen LogP contribution < -0.4 is 5.56 Å². The fourth-order valence-corrected chi connectivity index (χ4v) is 6.10. The molecule has 0 aliphatic heterocycles. The van der Waals surface area contributed by atoms with Crippen LogP contribution in [-0.2, 0) is 6.42 Å². The van der Waals surface area contributed by atoms with Gasteiger partial charge in [0.05, 0.1) is 16.6 Å². The quantitative estimate of drug-likeness (QED) is 0.252. The molecule has 34 heavy (non-hydrogen) atoms. The minimum Gasteiger partial charge on any atom is -0.310 e. The molecule has 0 N–H and O–H groups in total. The Morgan fingerprint density at radius 1 is 0.647 bits per heavy atom. The number of pyridine rings is 1. The molecular formula is C31H20N2O. The molecule has 0 radical (unpaired) electrons. The summed E-state index contributed by atoms with van der Waals surface area (Å²) in [6.07, 6.45) is 6.57. The summed E-state index contributed by atoms with van der Waals surface area (Å²) in [5, 5.41) is 6.42. The zero-order valence-electron chi connectivity index (χ0n) is 18.5. The maximum atomic E-state index is 13.8. The average molecular weight is 437 g/mol. The second-order valence-electron chi connectivity index (χ2n) is 9.25. The van der Waals surface area contributed by atoms with Crippen molar-refractivity contribution in [2.24, 2.45) is 0 Å². The van der Waals surface area contributed by atoms with Gasteiger partial charge in [-0.1, -0.05) is 60.7 Å². The predicted molar refractivity (Wildman–Crippen MR) is 142 cm³/mol. The van der Waals surface area contributed by atoms with E-state index in [0.717, 1.165) is 56.5 Å². The van der Waals surface area contributed by atoms with E-state index in [4.69, 9.17) is 0 Å². The number of aromatic nitrogens is 2. The van der Waals surface area contributed by atoms with Crippen molar-refractivity contribution < 1.29 is 0 Å². The zero-order valence-corrected chi connectivity index (χ0v) is 18.5. The Labute approximate surface area is 195 Å². The number of hydrogen-bond acceptors (Lipinski definition) is 1. The molecule has 8 rings (SSSR count). The Morgan fingerprint density at radius 3 is 2.21 bits per heavy atom. The number of allylic oxidation sites excluding steroid dienone is 1. The van der Waals surface area contributed by atoms with E-state index >= 15 is 0 Å². The highest BCUT2D eigenvalue weighted by atomic mass is 16.1. The molecule has 0 bridgehead atoms. The number of rotatable bonds is 1. The molecule has 0 atom stereocenters. The highest BCUT2D eigenvalue weighted by molar-refractivity contribution is 6.22. The Hall–Kier alpha value is -4.37. The summed E-state index contributed by atoms with van der Waals surface area (Å²) in [6.45, 7) is 0. The minimum atomic E-state index is 0.0601. The van der Waals surface area contributed by atoms with Crippen LogP contribution in [0, 0.1) is 0 Å². The normalized spacial score (nSPS) is 13.6. The third-order valence-electron chi connectivity index (χ3n) is 7.52. The highest BCUT2D eigenvalue weighted by Gasteiger charge is 2.22. The molecule has 1 aliphatic carbocycles. The largest absolute Gasteiger partial charge is 0.310 e. The number of fused-ring (bicyclic) bond motifs is 8. The third kappa shape index (κ3) is 2.14. The average Bonchev–Trinajstić information content (AvgIpc) is 3.40. The molecule has 3 heteroatoms. The molecule has 0 saturated carbocycles. The standard InChI is InChI=1S/C31H20N2O/c34-31-24-13-5-4-11-20(24)22-14-8-15-23-26-18-28-25(17-29(26)33(31)30(22)23)21-12-6-7-16-27(21)32(28)19-9-2-1-3-10-19/h1-5,7-11,13-18H,6,12H2. The first-order valence-electron chi connectivity index (χ1n) is 11.8. The topological polar surface area (TPSA) is 26.4 Å². The van der Waals surface area contributed by atoms with Crippen LogP contribution in [0.2, 0.25) is 0 Å². The van der Waals surface area contributed by atoms with E-state index in [1.54, 1.807) is 0 Å². The van der Waals surface area contributed by atoms with E-state index in [9.17, 15) is 4.79 Å². The van der Waals surface area contributed by atoms with Gasteiger partial charge >= 0.3 is 0 Å². The number of benzene rings is 4. The summed E-state index contributed by atoms with van der Waals surface area (Å²) < 4.78 is 4.33. The molecule has 0 unspecified atom stereocenters. The van der Waals surface area contributed by atoms with Crippen molar-refractivity contribution in [2.75, 3.05) is 0 Å². The molecule has 0 spiro atoms. The highest BCUT2D eigenvalue weighted by Crippen LogP contribution is 2.40. The van der Waals surface area contributed by atoms with Crippen molar-refractivity contribution >= 4 is 54.9 Å². The Bertz CT molecular complexity index is 2020. The van der Waals surface area contributed by atoms with E-state index in [1.165, 1.54) is 22.2 Å². The Morgan fingerprint density at radius 2 is 1.35 bits per heavy atom. The molecule has 3 heterocycles. The lowest BCUT2D eigenvalue weighted by atomic mass is 10.00. The van der Waals surface area contributed by atoms with Gasteiger partial charge in [-0.25, -0.2) is 0 Å². The van der Waals surface area contributed by atoms with Gasteiger partial charge in [0, 0.05) is 38.3 Å². The van der Waals surface area contributed by atoms with Crippen LogP contribution >= 0.6 is 0 Å². The smallest absolute Gasteiger partial charge is 0.263 e. The van der Waals surface area contributed by atoms with Crippen molar-refractivity contribution in [2.45, 2.75) is 12.8 Å². The van der Waals surface area contributed by atoms with Crippen LogP contribution in [0.3, 0.4) is 0 Å². The molecule has 160 valence electrons. The second-order valence-corrected chi connectivity index (χ2v) is 9.25. The van der Waals surface area contributed by atoms with E-state index in [1.807, 2.05) is 22.6 Å². The maximum absolute atomic E-state index is 13.8. The van der Waals surface area contributed by atoms with Gasteiger partial charge in [0.1, 0.15) is 0 Å². The summed E-state index contributed by atoms with van der Waals surface area (Å²) in [5.41, 5.74) is 7.06. The molecule has 1 aliphatic rings. The van der Waals surface area contributed by atoms with Crippen LogP contribution in [-0.4, -0.2) is 8.97 Å². The second kappa shape index (κ2) is 6.36. The molecule has 0 fully saturated rings. The first-order chi connectivity index (χ1) is 16.8. The molecule has 3 aromatic heterocycles. The van der Waals surface area contributed by atoms with Crippen LogP contribution in [0.5, 0.6) is 0 Å². The third-order valence-corrected chi connectivity index (χ3v) is 7.52. The van der Waals surface area contributed by atoms with Gasteiger partial charge < -0.3 is 4.57 Å².